The van der Waals surface area contributed by atoms with Crippen LogP contribution in [-0.4, -0.2) is 59.6 Å². The first-order valence-electron chi connectivity index (χ1n) is 8.65. The molecule has 1 aromatic heterocycles. The number of amides is 2. The van der Waals surface area contributed by atoms with Crippen LogP contribution in [0.5, 0.6) is 0 Å². The first-order chi connectivity index (χ1) is 12.2. The van der Waals surface area contributed by atoms with Crippen LogP contribution in [0, 0.1) is 0 Å². The Balaban J connectivity index is 1.41. The van der Waals surface area contributed by atoms with Gasteiger partial charge in [-0.2, -0.15) is 5.10 Å². The van der Waals surface area contributed by atoms with Gasteiger partial charge in [-0.25, -0.2) is 9.48 Å². The second-order valence-electron chi connectivity index (χ2n) is 6.19. The summed E-state index contributed by atoms with van der Waals surface area (Å²) < 4.78 is 7.15. The van der Waals surface area contributed by atoms with Crippen molar-refractivity contribution in [2.24, 2.45) is 0 Å². The van der Waals surface area contributed by atoms with Gasteiger partial charge in [-0.15, -0.1) is 0 Å². The smallest absolute Gasteiger partial charge is 0.315 e. The standard InChI is InChI=1S/C18H25N5O2/c1-15(22-7-9-25-10-8-22)11-19-18(24)20-12-16-13-21-23(14-16)17-5-3-2-4-6-17/h2-6,13-15H,7-12H2,1H3,(H2,19,20,24)/t15-/m0/s1. The fourth-order valence-electron chi connectivity index (χ4n) is 2.81. The summed E-state index contributed by atoms with van der Waals surface area (Å²) in [6.07, 6.45) is 3.69. The van der Waals surface area contributed by atoms with Crippen molar-refractivity contribution in [3.63, 3.8) is 0 Å². The maximum absolute atomic E-state index is 12.0. The lowest BCUT2D eigenvalue weighted by molar-refractivity contribution is 0.0209. The summed E-state index contributed by atoms with van der Waals surface area (Å²) in [5.41, 5.74) is 1.96. The molecule has 2 heterocycles. The maximum Gasteiger partial charge on any atom is 0.315 e. The van der Waals surface area contributed by atoms with Crippen molar-refractivity contribution in [3.05, 3.63) is 48.3 Å². The molecule has 2 amide bonds. The zero-order valence-electron chi connectivity index (χ0n) is 14.5. The quantitative estimate of drug-likeness (QED) is 0.832. The van der Waals surface area contributed by atoms with Crippen LogP contribution in [0.4, 0.5) is 4.79 Å². The van der Waals surface area contributed by atoms with Crippen LogP contribution in [0.25, 0.3) is 5.69 Å². The van der Waals surface area contributed by atoms with E-state index in [9.17, 15) is 4.79 Å². The summed E-state index contributed by atoms with van der Waals surface area (Å²) in [5.74, 6) is 0. The minimum atomic E-state index is -0.160. The number of nitrogens with one attached hydrogen (secondary N) is 2. The summed E-state index contributed by atoms with van der Waals surface area (Å²) in [4.78, 5) is 14.3. The van der Waals surface area contributed by atoms with Gasteiger partial charge in [0.05, 0.1) is 25.1 Å². The van der Waals surface area contributed by atoms with E-state index in [4.69, 9.17) is 4.74 Å². The lowest BCUT2D eigenvalue weighted by Gasteiger charge is -2.32. The summed E-state index contributed by atoms with van der Waals surface area (Å²) in [7, 11) is 0. The molecule has 0 radical (unpaired) electrons. The fraction of sp³-hybridized carbons (Fsp3) is 0.444. The van der Waals surface area contributed by atoms with Gasteiger partial charge in [0.25, 0.3) is 0 Å². The Bertz CT molecular complexity index is 667. The number of carbonyl (C=O) groups is 1. The number of hydrogen-bond acceptors (Lipinski definition) is 4. The molecule has 1 aliphatic rings. The number of urea groups is 1. The molecule has 1 saturated heterocycles. The van der Waals surface area contributed by atoms with Gasteiger partial charge < -0.3 is 15.4 Å². The number of benzene rings is 1. The third kappa shape index (κ3) is 5.04. The van der Waals surface area contributed by atoms with Crippen molar-refractivity contribution >= 4 is 6.03 Å². The molecule has 134 valence electrons. The van der Waals surface area contributed by atoms with Crippen LogP contribution in [0.1, 0.15) is 12.5 Å². The molecule has 0 spiro atoms. The SMILES string of the molecule is C[C@@H](CNC(=O)NCc1cnn(-c2ccccc2)c1)N1CCOCC1. The molecule has 7 heteroatoms. The monoisotopic (exact) mass is 343 g/mol. The molecule has 25 heavy (non-hydrogen) atoms. The molecule has 0 aliphatic carbocycles. The normalized spacial score (nSPS) is 16.4. The topological polar surface area (TPSA) is 71.4 Å². The number of aromatic nitrogens is 2. The summed E-state index contributed by atoms with van der Waals surface area (Å²) in [6, 6.07) is 10.0. The zero-order chi connectivity index (χ0) is 17.5. The number of nitrogens with zero attached hydrogens (tertiary/aromatic N) is 3. The molecule has 0 unspecified atom stereocenters. The van der Waals surface area contributed by atoms with Gasteiger partial charge in [-0.3, -0.25) is 4.90 Å². The lowest BCUT2D eigenvalue weighted by atomic mass is 10.2. The number of carbonyl (C=O) groups excluding carboxylic acids is 1. The van der Waals surface area contributed by atoms with Crippen molar-refractivity contribution in [1.82, 2.24) is 25.3 Å². The number of ether oxygens (including phenoxy) is 1. The minimum absolute atomic E-state index is 0.160. The summed E-state index contributed by atoms with van der Waals surface area (Å²) in [6.45, 7) is 6.56. The van der Waals surface area contributed by atoms with E-state index in [1.807, 2.05) is 36.5 Å². The van der Waals surface area contributed by atoms with Crippen molar-refractivity contribution in [3.8, 4) is 5.69 Å². The second kappa shape index (κ2) is 8.64. The Morgan fingerprint density at radius 2 is 2.00 bits per heavy atom. The van der Waals surface area contributed by atoms with E-state index in [-0.39, 0.29) is 6.03 Å². The van der Waals surface area contributed by atoms with E-state index in [0.717, 1.165) is 37.6 Å². The summed E-state index contributed by atoms with van der Waals surface area (Å²) in [5, 5.41) is 10.1. The zero-order valence-corrected chi connectivity index (χ0v) is 14.5. The molecule has 1 aromatic carbocycles. The maximum atomic E-state index is 12.0. The van der Waals surface area contributed by atoms with Gasteiger partial charge in [-0.1, -0.05) is 18.2 Å². The van der Waals surface area contributed by atoms with Crippen molar-refractivity contribution in [2.45, 2.75) is 19.5 Å². The molecule has 0 saturated carbocycles. The first-order valence-corrected chi connectivity index (χ1v) is 8.65. The van der Waals surface area contributed by atoms with Gasteiger partial charge in [-0.05, 0) is 19.1 Å². The molecule has 0 bridgehead atoms. The molecule has 1 aliphatic heterocycles. The van der Waals surface area contributed by atoms with Crippen LogP contribution >= 0.6 is 0 Å². The molecule has 3 rings (SSSR count). The van der Waals surface area contributed by atoms with E-state index in [0.29, 0.717) is 19.1 Å². The molecular formula is C18H25N5O2. The highest BCUT2D eigenvalue weighted by Crippen LogP contribution is 2.07. The fourth-order valence-corrected chi connectivity index (χ4v) is 2.81. The predicted octanol–water partition coefficient (Wildman–Crippen LogP) is 1.39. The molecule has 2 N–H and O–H groups in total. The third-order valence-electron chi connectivity index (χ3n) is 4.34. The van der Waals surface area contributed by atoms with Crippen LogP contribution < -0.4 is 10.6 Å². The van der Waals surface area contributed by atoms with Crippen LogP contribution in [0.3, 0.4) is 0 Å². The van der Waals surface area contributed by atoms with Gasteiger partial charge in [0.2, 0.25) is 0 Å². The number of morpholine rings is 1. The van der Waals surface area contributed by atoms with Crippen LogP contribution in [-0.2, 0) is 11.3 Å². The molecule has 2 aromatic rings. The lowest BCUT2D eigenvalue weighted by Crippen LogP contribution is -2.48. The van der Waals surface area contributed by atoms with Gasteiger partial charge in [0, 0.05) is 44.0 Å². The first kappa shape index (κ1) is 17.4. The Kier molecular flexibility index (Phi) is 6.03. The molecular weight excluding hydrogens is 318 g/mol. The Labute approximate surface area is 148 Å². The highest BCUT2D eigenvalue weighted by Gasteiger charge is 2.17. The molecule has 1 atom stereocenters. The average Bonchev–Trinajstić information content (AvgIpc) is 3.15. The Hall–Kier alpha value is -2.38. The highest BCUT2D eigenvalue weighted by atomic mass is 16.5. The molecule has 7 nitrogen and oxygen atoms in total. The van der Waals surface area contributed by atoms with Crippen LogP contribution in [0.15, 0.2) is 42.7 Å². The van der Waals surface area contributed by atoms with E-state index in [2.05, 4.69) is 27.6 Å². The van der Waals surface area contributed by atoms with Gasteiger partial charge >= 0.3 is 6.03 Å². The Morgan fingerprint density at radius 3 is 2.76 bits per heavy atom. The van der Waals surface area contributed by atoms with Crippen molar-refractivity contribution in [2.75, 3.05) is 32.8 Å². The van der Waals surface area contributed by atoms with Gasteiger partial charge in [0.15, 0.2) is 0 Å². The van der Waals surface area contributed by atoms with Crippen molar-refractivity contribution < 1.29 is 9.53 Å². The average molecular weight is 343 g/mol. The minimum Gasteiger partial charge on any atom is -0.379 e. The van der Waals surface area contributed by atoms with E-state index >= 15 is 0 Å². The third-order valence-corrected chi connectivity index (χ3v) is 4.34. The number of hydrogen-bond donors (Lipinski definition) is 2. The number of rotatable bonds is 6. The van der Waals surface area contributed by atoms with Crippen molar-refractivity contribution in [1.29, 1.82) is 0 Å². The largest absolute Gasteiger partial charge is 0.379 e. The van der Waals surface area contributed by atoms with E-state index < -0.39 is 0 Å². The van der Waals surface area contributed by atoms with E-state index in [1.165, 1.54) is 0 Å². The predicted molar refractivity (Wildman–Crippen MR) is 95.7 cm³/mol. The highest BCUT2D eigenvalue weighted by molar-refractivity contribution is 5.73. The van der Waals surface area contributed by atoms with Crippen LogP contribution in [0.2, 0.25) is 0 Å². The number of para-hydroxylation sites is 1. The van der Waals surface area contributed by atoms with E-state index in [1.54, 1.807) is 10.9 Å². The Morgan fingerprint density at radius 1 is 1.24 bits per heavy atom. The summed E-state index contributed by atoms with van der Waals surface area (Å²) >= 11 is 0. The second-order valence-corrected chi connectivity index (χ2v) is 6.19. The molecule has 1 fully saturated rings. The van der Waals surface area contributed by atoms with Gasteiger partial charge in [0.1, 0.15) is 0 Å².